The second-order valence-electron chi connectivity index (χ2n) is 7.57. The number of hydrogen-bond acceptors (Lipinski definition) is 4. The minimum Gasteiger partial charge on any atom is -0.497 e. The van der Waals surface area contributed by atoms with E-state index < -0.39 is 0 Å². The molecule has 0 spiro atoms. The van der Waals surface area contributed by atoms with E-state index in [2.05, 4.69) is 37.6 Å². The van der Waals surface area contributed by atoms with Crippen LogP contribution in [0.2, 0.25) is 0 Å². The number of guanidine groups is 1. The third kappa shape index (κ3) is 7.29. The zero-order valence-corrected chi connectivity index (χ0v) is 21.5. The van der Waals surface area contributed by atoms with Crippen LogP contribution in [0.5, 0.6) is 5.75 Å². The van der Waals surface area contributed by atoms with Gasteiger partial charge < -0.3 is 25.2 Å². The van der Waals surface area contributed by atoms with Crippen LogP contribution in [0.25, 0.3) is 0 Å². The molecule has 1 amide bonds. The Hall–Kier alpha value is -2.49. The highest BCUT2D eigenvalue weighted by Crippen LogP contribution is 2.22. The summed E-state index contributed by atoms with van der Waals surface area (Å²) in [6, 6.07) is 16.2. The van der Waals surface area contributed by atoms with Crippen LogP contribution in [-0.4, -0.2) is 57.1 Å². The Balaban J connectivity index is 0.00000363. The lowest BCUT2D eigenvalue weighted by Gasteiger charge is -2.37. The van der Waals surface area contributed by atoms with Gasteiger partial charge in [0, 0.05) is 63.6 Å². The first-order valence-corrected chi connectivity index (χ1v) is 10.9. The van der Waals surface area contributed by atoms with Gasteiger partial charge in [0.2, 0.25) is 5.91 Å². The maximum atomic E-state index is 11.7. The number of carbonyl (C=O) groups is 1. The number of hydrogen-bond donors (Lipinski definition) is 2. The van der Waals surface area contributed by atoms with Gasteiger partial charge in [0.05, 0.1) is 7.11 Å². The van der Waals surface area contributed by atoms with Crippen LogP contribution in [0.1, 0.15) is 25.3 Å². The molecule has 1 heterocycles. The van der Waals surface area contributed by atoms with Crippen LogP contribution < -0.4 is 20.3 Å². The van der Waals surface area contributed by atoms with Crippen molar-refractivity contribution in [3.63, 3.8) is 0 Å². The highest BCUT2D eigenvalue weighted by Gasteiger charge is 2.20. The van der Waals surface area contributed by atoms with Crippen LogP contribution >= 0.6 is 24.0 Å². The van der Waals surface area contributed by atoms with Gasteiger partial charge in [0.15, 0.2) is 5.96 Å². The zero-order valence-electron chi connectivity index (χ0n) is 19.1. The molecular formula is C24H34IN5O2. The molecule has 32 heavy (non-hydrogen) atoms. The smallest absolute Gasteiger partial charge is 0.224 e. The number of piperazine rings is 1. The molecule has 174 valence electrons. The van der Waals surface area contributed by atoms with Crippen LogP contribution in [-0.2, 0) is 11.3 Å². The van der Waals surface area contributed by atoms with Crippen molar-refractivity contribution in [3.05, 3.63) is 54.1 Å². The van der Waals surface area contributed by atoms with Gasteiger partial charge in [-0.2, -0.15) is 0 Å². The van der Waals surface area contributed by atoms with E-state index in [0.717, 1.165) is 55.6 Å². The summed E-state index contributed by atoms with van der Waals surface area (Å²) in [6.07, 6.45) is 1.39. The van der Waals surface area contributed by atoms with Crippen LogP contribution in [0.15, 0.2) is 53.5 Å². The summed E-state index contributed by atoms with van der Waals surface area (Å²) in [5.41, 5.74) is 3.16. The Morgan fingerprint density at radius 1 is 1.09 bits per heavy atom. The monoisotopic (exact) mass is 551 g/mol. The van der Waals surface area contributed by atoms with Crippen molar-refractivity contribution in [1.29, 1.82) is 0 Å². The molecule has 7 nitrogen and oxygen atoms in total. The lowest BCUT2D eigenvalue weighted by molar-refractivity contribution is -0.116. The zero-order chi connectivity index (χ0) is 22.1. The van der Waals surface area contributed by atoms with Crippen molar-refractivity contribution in [2.24, 2.45) is 4.99 Å². The number of methoxy groups -OCH3 is 1. The van der Waals surface area contributed by atoms with Gasteiger partial charge in [-0.15, -0.1) is 24.0 Å². The van der Waals surface area contributed by atoms with E-state index in [1.165, 1.54) is 5.69 Å². The van der Waals surface area contributed by atoms with E-state index in [0.29, 0.717) is 13.0 Å². The number of carbonyl (C=O) groups excluding carboxylic acids is 1. The van der Waals surface area contributed by atoms with Crippen LogP contribution in [0.4, 0.5) is 11.4 Å². The maximum absolute atomic E-state index is 11.7. The van der Waals surface area contributed by atoms with Crippen molar-refractivity contribution in [3.8, 4) is 5.75 Å². The van der Waals surface area contributed by atoms with Gasteiger partial charge in [-0.3, -0.25) is 9.79 Å². The quantitative estimate of drug-likeness (QED) is 0.310. The minimum atomic E-state index is 0. The highest BCUT2D eigenvalue weighted by molar-refractivity contribution is 14.0. The number of halogens is 1. The number of ether oxygens (including phenoxy) is 1. The van der Waals surface area contributed by atoms with E-state index in [9.17, 15) is 4.79 Å². The standard InChI is InChI=1S/C24H33N5O2.HI/c1-4-6-23(30)27-20-11-9-19(10-12-20)18-26-24(25-2)29-15-13-28(14-16-29)21-7-5-8-22(17-21)31-3;/h5,7-12,17H,4,6,13-16,18H2,1-3H3,(H,25,26)(H,27,30);1H. The fraction of sp³-hybridized carbons (Fsp3) is 0.417. The predicted octanol–water partition coefficient (Wildman–Crippen LogP) is 3.95. The third-order valence-corrected chi connectivity index (χ3v) is 5.37. The molecule has 2 N–H and O–H groups in total. The molecule has 2 aromatic carbocycles. The first-order valence-electron chi connectivity index (χ1n) is 10.9. The third-order valence-electron chi connectivity index (χ3n) is 5.37. The minimum absolute atomic E-state index is 0. The maximum Gasteiger partial charge on any atom is 0.224 e. The fourth-order valence-corrected chi connectivity index (χ4v) is 3.65. The molecule has 1 aliphatic heterocycles. The molecule has 1 saturated heterocycles. The summed E-state index contributed by atoms with van der Waals surface area (Å²) in [5.74, 6) is 1.85. The summed E-state index contributed by atoms with van der Waals surface area (Å²) in [7, 11) is 3.52. The average molecular weight is 551 g/mol. The van der Waals surface area contributed by atoms with E-state index in [1.54, 1.807) is 7.11 Å². The Labute approximate surface area is 208 Å². The van der Waals surface area contributed by atoms with Crippen LogP contribution in [0, 0.1) is 0 Å². The number of nitrogens with one attached hydrogen (secondary N) is 2. The number of amides is 1. The fourth-order valence-electron chi connectivity index (χ4n) is 3.65. The molecule has 0 bridgehead atoms. The number of benzene rings is 2. The van der Waals surface area contributed by atoms with Gasteiger partial charge in [-0.05, 0) is 36.2 Å². The molecule has 0 saturated carbocycles. The van der Waals surface area contributed by atoms with Crippen molar-refractivity contribution in [2.45, 2.75) is 26.3 Å². The molecule has 2 aromatic rings. The Kier molecular flexibility index (Phi) is 10.6. The second-order valence-corrected chi connectivity index (χ2v) is 7.57. The number of anilines is 2. The molecule has 1 aliphatic rings. The molecule has 0 aliphatic carbocycles. The van der Waals surface area contributed by atoms with Gasteiger partial charge in [-0.25, -0.2) is 0 Å². The van der Waals surface area contributed by atoms with E-state index in [1.807, 2.05) is 50.4 Å². The first-order chi connectivity index (χ1) is 15.1. The molecule has 0 atom stereocenters. The Morgan fingerprint density at radius 2 is 1.81 bits per heavy atom. The van der Waals surface area contributed by atoms with E-state index in [4.69, 9.17) is 4.74 Å². The lowest BCUT2D eigenvalue weighted by Crippen LogP contribution is -2.52. The molecule has 0 aromatic heterocycles. The lowest BCUT2D eigenvalue weighted by atomic mass is 10.2. The van der Waals surface area contributed by atoms with Gasteiger partial charge in [0.25, 0.3) is 0 Å². The number of rotatable bonds is 7. The largest absolute Gasteiger partial charge is 0.497 e. The summed E-state index contributed by atoms with van der Waals surface area (Å²) in [6.45, 7) is 6.35. The Bertz CT molecular complexity index is 880. The van der Waals surface area contributed by atoms with Gasteiger partial charge in [0.1, 0.15) is 5.75 Å². The molecular weight excluding hydrogens is 517 g/mol. The summed E-state index contributed by atoms with van der Waals surface area (Å²) >= 11 is 0. The SMILES string of the molecule is CCCC(=O)Nc1ccc(CNC(=NC)N2CCN(c3cccc(OC)c3)CC2)cc1.I. The Morgan fingerprint density at radius 3 is 2.44 bits per heavy atom. The molecule has 0 radical (unpaired) electrons. The first kappa shape index (κ1) is 25.8. The summed E-state index contributed by atoms with van der Waals surface area (Å²) < 4.78 is 5.35. The molecule has 3 rings (SSSR count). The molecule has 0 unspecified atom stereocenters. The average Bonchev–Trinajstić information content (AvgIpc) is 2.81. The highest BCUT2D eigenvalue weighted by atomic mass is 127. The normalized spacial score (nSPS) is 13.9. The van der Waals surface area contributed by atoms with Crippen molar-refractivity contribution in [2.75, 3.05) is 50.6 Å². The number of aliphatic imine (C=N–C) groups is 1. The van der Waals surface area contributed by atoms with Crippen molar-refractivity contribution < 1.29 is 9.53 Å². The van der Waals surface area contributed by atoms with E-state index >= 15 is 0 Å². The predicted molar refractivity (Wildman–Crippen MR) is 142 cm³/mol. The summed E-state index contributed by atoms with van der Waals surface area (Å²) in [4.78, 5) is 20.8. The van der Waals surface area contributed by atoms with Crippen LogP contribution in [0.3, 0.4) is 0 Å². The molecule has 8 heteroatoms. The van der Waals surface area contributed by atoms with Crippen molar-refractivity contribution >= 4 is 47.2 Å². The number of nitrogens with zero attached hydrogens (tertiary/aromatic N) is 3. The van der Waals surface area contributed by atoms with Gasteiger partial charge >= 0.3 is 0 Å². The second kappa shape index (κ2) is 13.1. The van der Waals surface area contributed by atoms with Crippen molar-refractivity contribution in [1.82, 2.24) is 10.2 Å². The molecule has 1 fully saturated rings. The van der Waals surface area contributed by atoms with E-state index in [-0.39, 0.29) is 29.9 Å². The topological polar surface area (TPSA) is 69.2 Å². The van der Waals surface area contributed by atoms with Gasteiger partial charge in [-0.1, -0.05) is 25.1 Å². The summed E-state index contributed by atoms with van der Waals surface area (Å²) in [5, 5.41) is 6.38.